The number of carbonyl (C=O) groups is 3. The lowest BCUT2D eigenvalue weighted by Crippen LogP contribution is -2.49. The summed E-state index contributed by atoms with van der Waals surface area (Å²) in [6.45, 7) is 4.04. The molecule has 1 aliphatic rings. The molecule has 1 fully saturated rings. The number of ether oxygens (including phenoxy) is 1. The Morgan fingerprint density at radius 2 is 1.57 bits per heavy atom. The summed E-state index contributed by atoms with van der Waals surface area (Å²) in [6, 6.07) is 15.5. The molecule has 0 bridgehead atoms. The summed E-state index contributed by atoms with van der Waals surface area (Å²) in [6.07, 6.45) is 0. The first kappa shape index (κ1) is 21.2. The van der Waals surface area contributed by atoms with Gasteiger partial charge in [-0.05, 0) is 31.2 Å². The number of carbonyl (C=O) groups excluding carboxylic acids is 3. The van der Waals surface area contributed by atoms with Crippen LogP contribution in [0.1, 0.15) is 17.3 Å². The lowest BCUT2D eigenvalue weighted by atomic mass is 10.1. The van der Waals surface area contributed by atoms with Crippen molar-refractivity contribution in [1.82, 2.24) is 10.2 Å². The summed E-state index contributed by atoms with van der Waals surface area (Å²) < 4.78 is 4.62. The predicted octanol–water partition coefficient (Wildman–Crippen LogP) is 2.33. The van der Waals surface area contributed by atoms with Crippen molar-refractivity contribution >= 4 is 29.3 Å². The van der Waals surface area contributed by atoms with Crippen molar-refractivity contribution < 1.29 is 19.1 Å². The number of nitrogens with zero attached hydrogens (tertiary/aromatic N) is 2. The minimum Gasteiger partial charge on any atom is -0.467 e. The molecule has 30 heavy (non-hydrogen) atoms. The highest BCUT2D eigenvalue weighted by atomic mass is 16.5. The third kappa shape index (κ3) is 5.08. The molecule has 2 aromatic rings. The number of hydrogen-bond donors (Lipinski definition) is 2. The first-order valence-electron chi connectivity index (χ1n) is 9.83. The topological polar surface area (TPSA) is 91.0 Å². The maximum Gasteiger partial charge on any atom is 0.328 e. The van der Waals surface area contributed by atoms with Crippen LogP contribution >= 0.6 is 0 Å². The second kappa shape index (κ2) is 9.78. The fourth-order valence-corrected chi connectivity index (χ4v) is 3.36. The average Bonchev–Trinajstić information content (AvgIpc) is 2.79. The standard InChI is InChI=1S/C22H26N4O4/c1-16(21(28)30-2)23-22(29)24-18-10-6-7-11-19(18)25-12-14-26(15-13-25)20(27)17-8-4-3-5-9-17/h3-11,16H,12-15H2,1-2H3,(H2,23,24,29). The van der Waals surface area contributed by atoms with Crippen molar-refractivity contribution in [2.45, 2.75) is 13.0 Å². The van der Waals surface area contributed by atoms with Gasteiger partial charge in [-0.1, -0.05) is 30.3 Å². The third-order valence-electron chi connectivity index (χ3n) is 4.98. The maximum absolute atomic E-state index is 12.6. The van der Waals surface area contributed by atoms with E-state index in [2.05, 4.69) is 20.3 Å². The van der Waals surface area contributed by atoms with Gasteiger partial charge in [0.15, 0.2) is 0 Å². The van der Waals surface area contributed by atoms with E-state index in [-0.39, 0.29) is 5.91 Å². The summed E-state index contributed by atoms with van der Waals surface area (Å²) in [5, 5.41) is 5.35. The van der Waals surface area contributed by atoms with Crippen LogP contribution in [0.25, 0.3) is 0 Å². The SMILES string of the molecule is COC(=O)C(C)NC(=O)Nc1ccccc1N1CCN(C(=O)c2ccccc2)CC1. The molecule has 0 aliphatic carbocycles. The molecule has 1 saturated heterocycles. The second-order valence-corrected chi connectivity index (χ2v) is 7.01. The van der Waals surface area contributed by atoms with Crippen molar-refractivity contribution in [3.63, 3.8) is 0 Å². The number of rotatable bonds is 5. The fourth-order valence-electron chi connectivity index (χ4n) is 3.36. The molecule has 1 heterocycles. The van der Waals surface area contributed by atoms with Crippen LogP contribution in [0.5, 0.6) is 0 Å². The number of piperazine rings is 1. The maximum atomic E-state index is 12.6. The van der Waals surface area contributed by atoms with Crippen molar-refractivity contribution in [3.8, 4) is 0 Å². The van der Waals surface area contributed by atoms with Crippen LogP contribution in [-0.2, 0) is 9.53 Å². The van der Waals surface area contributed by atoms with Crippen LogP contribution in [0.4, 0.5) is 16.2 Å². The van der Waals surface area contributed by atoms with Crippen molar-refractivity contribution in [3.05, 3.63) is 60.2 Å². The van der Waals surface area contributed by atoms with Gasteiger partial charge in [0, 0.05) is 31.7 Å². The lowest BCUT2D eigenvalue weighted by molar-refractivity contribution is -0.142. The zero-order valence-electron chi connectivity index (χ0n) is 17.1. The summed E-state index contributed by atoms with van der Waals surface area (Å²) in [4.78, 5) is 40.4. The molecule has 1 unspecified atom stereocenters. The Morgan fingerprint density at radius 1 is 0.933 bits per heavy atom. The molecule has 158 valence electrons. The van der Waals surface area contributed by atoms with Crippen molar-refractivity contribution in [2.24, 2.45) is 0 Å². The van der Waals surface area contributed by atoms with E-state index in [9.17, 15) is 14.4 Å². The van der Waals surface area contributed by atoms with E-state index >= 15 is 0 Å². The number of methoxy groups -OCH3 is 1. The normalized spacial score (nSPS) is 14.6. The van der Waals surface area contributed by atoms with Crippen LogP contribution in [0, 0.1) is 0 Å². The van der Waals surface area contributed by atoms with Crippen molar-refractivity contribution in [1.29, 1.82) is 0 Å². The highest BCUT2D eigenvalue weighted by molar-refractivity contribution is 5.96. The Kier molecular flexibility index (Phi) is 6.90. The van der Waals surface area contributed by atoms with Crippen molar-refractivity contribution in [2.75, 3.05) is 43.5 Å². The highest BCUT2D eigenvalue weighted by Gasteiger charge is 2.24. The largest absolute Gasteiger partial charge is 0.467 e. The summed E-state index contributed by atoms with van der Waals surface area (Å²) >= 11 is 0. The van der Waals surface area contributed by atoms with E-state index < -0.39 is 18.0 Å². The highest BCUT2D eigenvalue weighted by Crippen LogP contribution is 2.27. The van der Waals surface area contributed by atoms with Gasteiger partial charge in [0.25, 0.3) is 5.91 Å². The molecular weight excluding hydrogens is 384 g/mol. The lowest BCUT2D eigenvalue weighted by Gasteiger charge is -2.37. The number of urea groups is 1. The number of amides is 3. The number of hydrogen-bond acceptors (Lipinski definition) is 5. The van der Waals surface area contributed by atoms with E-state index in [1.54, 1.807) is 13.0 Å². The molecule has 1 aliphatic heterocycles. The van der Waals surface area contributed by atoms with E-state index in [1.165, 1.54) is 7.11 Å². The minimum atomic E-state index is -0.755. The molecule has 1 atom stereocenters. The molecule has 2 N–H and O–H groups in total. The first-order chi connectivity index (χ1) is 14.5. The Labute approximate surface area is 175 Å². The van der Waals surface area contributed by atoms with Crippen LogP contribution in [-0.4, -0.2) is 62.1 Å². The van der Waals surface area contributed by atoms with Gasteiger partial charge in [0.2, 0.25) is 0 Å². The Hall–Kier alpha value is -3.55. The van der Waals surface area contributed by atoms with Gasteiger partial charge in [0.1, 0.15) is 6.04 Å². The monoisotopic (exact) mass is 410 g/mol. The number of para-hydroxylation sites is 2. The molecule has 0 spiro atoms. The molecular formula is C22H26N4O4. The molecule has 2 aromatic carbocycles. The second-order valence-electron chi connectivity index (χ2n) is 7.01. The fraction of sp³-hybridized carbons (Fsp3) is 0.318. The van der Waals surface area contributed by atoms with Crippen LogP contribution < -0.4 is 15.5 Å². The van der Waals surface area contributed by atoms with E-state index in [0.717, 1.165) is 5.69 Å². The van der Waals surface area contributed by atoms with E-state index in [1.807, 2.05) is 53.4 Å². The van der Waals surface area contributed by atoms with E-state index in [4.69, 9.17) is 0 Å². The van der Waals surface area contributed by atoms with Gasteiger partial charge >= 0.3 is 12.0 Å². The molecule has 0 radical (unpaired) electrons. The molecule has 8 nitrogen and oxygen atoms in total. The number of nitrogens with one attached hydrogen (secondary N) is 2. The number of esters is 1. The van der Waals surface area contributed by atoms with E-state index in [0.29, 0.717) is 37.4 Å². The first-order valence-corrected chi connectivity index (χ1v) is 9.83. The average molecular weight is 410 g/mol. The predicted molar refractivity (Wildman–Crippen MR) is 115 cm³/mol. The van der Waals surface area contributed by atoms with Gasteiger partial charge < -0.3 is 25.2 Å². The Balaban J connectivity index is 1.62. The van der Waals surface area contributed by atoms with Crippen LogP contribution in [0.2, 0.25) is 0 Å². The number of anilines is 2. The summed E-state index contributed by atoms with van der Waals surface area (Å²) in [7, 11) is 1.27. The zero-order chi connectivity index (χ0) is 21.5. The van der Waals surface area contributed by atoms with Crippen LogP contribution in [0.15, 0.2) is 54.6 Å². The number of benzene rings is 2. The molecule has 0 aromatic heterocycles. The quantitative estimate of drug-likeness (QED) is 0.739. The van der Waals surface area contributed by atoms with Gasteiger partial charge in [-0.15, -0.1) is 0 Å². The third-order valence-corrected chi connectivity index (χ3v) is 4.98. The smallest absolute Gasteiger partial charge is 0.328 e. The minimum absolute atomic E-state index is 0.0258. The van der Waals surface area contributed by atoms with Gasteiger partial charge in [0.05, 0.1) is 18.5 Å². The zero-order valence-corrected chi connectivity index (χ0v) is 17.1. The molecule has 8 heteroatoms. The summed E-state index contributed by atoms with van der Waals surface area (Å²) in [5.41, 5.74) is 2.18. The van der Waals surface area contributed by atoms with Gasteiger partial charge in [-0.2, -0.15) is 0 Å². The van der Waals surface area contributed by atoms with Gasteiger partial charge in [-0.3, -0.25) is 4.79 Å². The van der Waals surface area contributed by atoms with Gasteiger partial charge in [-0.25, -0.2) is 9.59 Å². The molecule has 3 rings (SSSR count). The Morgan fingerprint density at radius 3 is 2.23 bits per heavy atom. The van der Waals surface area contributed by atoms with Crippen LogP contribution in [0.3, 0.4) is 0 Å². The summed E-state index contributed by atoms with van der Waals surface area (Å²) in [5.74, 6) is -0.490. The molecule has 0 saturated carbocycles. The Bertz CT molecular complexity index is 895. The molecule has 3 amide bonds.